The molecule has 1 saturated heterocycles. The zero-order valence-electron chi connectivity index (χ0n) is 9.53. The Hall–Kier alpha value is -1.55. The number of fused-ring (bicyclic) bond motifs is 1. The summed E-state index contributed by atoms with van der Waals surface area (Å²) in [5.74, 6) is 1.94. The standard InChI is InChI=1S/C12H15N3O/c1-8-14-11-5-9(16-10-6-13-7-10)3-4-12(11)15(8)2/h3-5,10,13H,6-7H2,1-2H3. The van der Waals surface area contributed by atoms with Crippen LogP contribution in [-0.2, 0) is 7.05 Å². The van der Waals surface area contributed by atoms with Crippen LogP contribution < -0.4 is 10.1 Å². The van der Waals surface area contributed by atoms with Crippen LogP contribution >= 0.6 is 0 Å². The lowest BCUT2D eigenvalue weighted by Crippen LogP contribution is -2.50. The molecule has 16 heavy (non-hydrogen) atoms. The van der Waals surface area contributed by atoms with Gasteiger partial charge in [0.1, 0.15) is 17.7 Å². The average molecular weight is 217 g/mol. The highest BCUT2D eigenvalue weighted by molar-refractivity contribution is 5.77. The van der Waals surface area contributed by atoms with Crippen molar-refractivity contribution in [3.63, 3.8) is 0 Å². The molecule has 4 heteroatoms. The van der Waals surface area contributed by atoms with Crippen LogP contribution in [0.15, 0.2) is 18.2 Å². The molecular weight excluding hydrogens is 202 g/mol. The van der Waals surface area contributed by atoms with Gasteiger partial charge in [0.15, 0.2) is 0 Å². The zero-order valence-corrected chi connectivity index (χ0v) is 9.53. The van der Waals surface area contributed by atoms with E-state index in [0.717, 1.165) is 35.7 Å². The Kier molecular flexibility index (Phi) is 2.11. The van der Waals surface area contributed by atoms with Crippen LogP contribution in [-0.4, -0.2) is 28.7 Å². The summed E-state index contributed by atoms with van der Waals surface area (Å²) in [6.07, 6.45) is 0.322. The average Bonchev–Trinajstić information content (AvgIpc) is 2.49. The molecule has 1 aromatic carbocycles. The van der Waals surface area contributed by atoms with Gasteiger partial charge in [0.25, 0.3) is 0 Å². The molecule has 1 fully saturated rings. The number of imidazole rings is 1. The quantitative estimate of drug-likeness (QED) is 0.822. The van der Waals surface area contributed by atoms with Gasteiger partial charge in [-0.15, -0.1) is 0 Å². The third-order valence-electron chi connectivity index (χ3n) is 3.12. The number of aromatic nitrogens is 2. The van der Waals surface area contributed by atoms with Gasteiger partial charge in [0, 0.05) is 26.2 Å². The molecule has 3 rings (SSSR count). The monoisotopic (exact) mass is 217 g/mol. The molecule has 1 aliphatic heterocycles. The highest BCUT2D eigenvalue weighted by atomic mass is 16.5. The van der Waals surface area contributed by atoms with Crippen molar-refractivity contribution in [1.29, 1.82) is 0 Å². The largest absolute Gasteiger partial charge is 0.488 e. The van der Waals surface area contributed by atoms with Crippen LogP contribution in [0.3, 0.4) is 0 Å². The molecule has 2 aromatic rings. The minimum atomic E-state index is 0.322. The van der Waals surface area contributed by atoms with Crippen molar-refractivity contribution in [1.82, 2.24) is 14.9 Å². The summed E-state index contributed by atoms with van der Waals surface area (Å²) in [7, 11) is 2.03. The summed E-state index contributed by atoms with van der Waals surface area (Å²) in [6, 6.07) is 6.10. The van der Waals surface area contributed by atoms with Gasteiger partial charge < -0.3 is 14.6 Å². The van der Waals surface area contributed by atoms with Crippen molar-refractivity contribution < 1.29 is 4.74 Å². The van der Waals surface area contributed by atoms with Crippen molar-refractivity contribution in [3.8, 4) is 5.75 Å². The fourth-order valence-electron chi connectivity index (χ4n) is 1.91. The highest BCUT2D eigenvalue weighted by Gasteiger charge is 2.18. The van der Waals surface area contributed by atoms with Crippen LogP contribution in [0, 0.1) is 6.92 Å². The molecule has 1 aromatic heterocycles. The number of nitrogens with one attached hydrogen (secondary N) is 1. The summed E-state index contributed by atoms with van der Waals surface area (Å²) in [5, 5.41) is 3.19. The Morgan fingerprint density at radius 2 is 2.25 bits per heavy atom. The van der Waals surface area contributed by atoms with Gasteiger partial charge in [0.2, 0.25) is 0 Å². The molecule has 0 saturated carbocycles. The first-order valence-corrected chi connectivity index (χ1v) is 5.54. The molecule has 0 aliphatic carbocycles. The maximum absolute atomic E-state index is 5.80. The van der Waals surface area contributed by atoms with E-state index in [1.54, 1.807) is 0 Å². The lowest BCUT2D eigenvalue weighted by molar-refractivity contribution is 0.142. The van der Waals surface area contributed by atoms with Crippen molar-refractivity contribution in [2.75, 3.05) is 13.1 Å². The smallest absolute Gasteiger partial charge is 0.123 e. The van der Waals surface area contributed by atoms with Crippen molar-refractivity contribution >= 4 is 11.0 Å². The summed E-state index contributed by atoms with van der Waals surface area (Å²) in [5.41, 5.74) is 2.15. The first-order chi connectivity index (χ1) is 7.74. The van der Waals surface area contributed by atoms with E-state index in [-0.39, 0.29) is 0 Å². The lowest BCUT2D eigenvalue weighted by Gasteiger charge is -2.27. The van der Waals surface area contributed by atoms with Crippen LogP contribution in [0.25, 0.3) is 11.0 Å². The number of hydrogen-bond acceptors (Lipinski definition) is 3. The molecule has 0 unspecified atom stereocenters. The first-order valence-electron chi connectivity index (χ1n) is 5.54. The van der Waals surface area contributed by atoms with Crippen molar-refractivity contribution in [2.24, 2.45) is 7.05 Å². The number of hydrogen-bond donors (Lipinski definition) is 1. The summed E-state index contributed by atoms with van der Waals surface area (Å²) in [6.45, 7) is 3.90. The molecule has 2 heterocycles. The van der Waals surface area contributed by atoms with E-state index in [1.165, 1.54) is 0 Å². The number of ether oxygens (including phenoxy) is 1. The SMILES string of the molecule is Cc1nc2cc(OC3CNC3)ccc2n1C. The molecule has 0 bridgehead atoms. The highest BCUT2D eigenvalue weighted by Crippen LogP contribution is 2.22. The van der Waals surface area contributed by atoms with Crippen molar-refractivity contribution in [3.05, 3.63) is 24.0 Å². The Balaban J connectivity index is 1.95. The topological polar surface area (TPSA) is 39.1 Å². The van der Waals surface area contributed by atoms with Gasteiger partial charge >= 0.3 is 0 Å². The van der Waals surface area contributed by atoms with E-state index >= 15 is 0 Å². The molecule has 0 atom stereocenters. The van der Waals surface area contributed by atoms with Gasteiger partial charge in [-0.3, -0.25) is 0 Å². The molecule has 0 spiro atoms. The second-order valence-electron chi connectivity index (χ2n) is 4.27. The summed E-state index contributed by atoms with van der Waals surface area (Å²) < 4.78 is 7.88. The Morgan fingerprint density at radius 3 is 2.94 bits per heavy atom. The van der Waals surface area contributed by atoms with Gasteiger partial charge in [0.05, 0.1) is 11.0 Å². The third kappa shape index (κ3) is 1.46. The molecular formula is C12H15N3O. The number of aryl methyl sites for hydroxylation is 2. The molecule has 4 nitrogen and oxygen atoms in total. The van der Waals surface area contributed by atoms with E-state index in [4.69, 9.17) is 4.74 Å². The van der Waals surface area contributed by atoms with Crippen LogP contribution in [0.2, 0.25) is 0 Å². The Labute approximate surface area is 94.2 Å². The molecule has 0 radical (unpaired) electrons. The van der Waals surface area contributed by atoms with E-state index in [0.29, 0.717) is 6.10 Å². The second-order valence-corrected chi connectivity index (χ2v) is 4.27. The lowest BCUT2D eigenvalue weighted by atomic mass is 10.2. The number of nitrogens with zero attached hydrogens (tertiary/aromatic N) is 2. The van der Waals surface area contributed by atoms with Crippen LogP contribution in [0.5, 0.6) is 5.75 Å². The summed E-state index contributed by atoms with van der Waals surface area (Å²) in [4.78, 5) is 4.49. The molecule has 0 amide bonds. The van der Waals surface area contributed by atoms with E-state index in [9.17, 15) is 0 Å². The van der Waals surface area contributed by atoms with Crippen LogP contribution in [0.1, 0.15) is 5.82 Å². The number of benzene rings is 1. The third-order valence-corrected chi connectivity index (χ3v) is 3.12. The first kappa shape index (κ1) is 9.66. The zero-order chi connectivity index (χ0) is 11.1. The molecule has 1 aliphatic rings. The maximum atomic E-state index is 5.80. The Morgan fingerprint density at radius 1 is 1.44 bits per heavy atom. The minimum Gasteiger partial charge on any atom is -0.488 e. The maximum Gasteiger partial charge on any atom is 0.123 e. The van der Waals surface area contributed by atoms with E-state index in [1.807, 2.05) is 26.1 Å². The van der Waals surface area contributed by atoms with Crippen molar-refractivity contribution in [2.45, 2.75) is 13.0 Å². The van der Waals surface area contributed by atoms with Gasteiger partial charge in [-0.2, -0.15) is 0 Å². The van der Waals surface area contributed by atoms with Gasteiger partial charge in [-0.05, 0) is 19.1 Å². The molecule has 84 valence electrons. The normalized spacial score (nSPS) is 16.4. The predicted molar refractivity (Wildman–Crippen MR) is 62.7 cm³/mol. The fourth-order valence-corrected chi connectivity index (χ4v) is 1.91. The Bertz CT molecular complexity index is 528. The fraction of sp³-hybridized carbons (Fsp3) is 0.417. The number of rotatable bonds is 2. The van der Waals surface area contributed by atoms with Gasteiger partial charge in [-0.1, -0.05) is 0 Å². The predicted octanol–water partition coefficient (Wildman–Crippen LogP) is 1.23. The molecule has 1 N–H and O–H groups in total. The van der Waals surface area contributed by atoms with E-state index in [2.05, 4.69) is 20.9 Å². The second kappa shape index (κ2) is 3.49. The summed E-state index contributed by atoms with van der Waals surface area (Å²) >= 11 is 0. The van der Waals surface area contributed by atoms with Crippen LogP contribution in [0.4, 0.5) is 0 Å². The van der Waals surface area contributed by atoms with E-state index < -0.39 is 0 Å². The van der Waals surface area contributed by atoms with Gasteiger partial charge in [-0.25, -0.2) is 4.98 Å². The minimum absolute atomic E-state index is 0.322.